The highest BCUT2D eigenvalue weighted by molar-refractivity contribution is 6.00. The third kappa shape index (κ3) is 1.47. The van der Waals surface area contributed by atoms with Crippen LogP contribution in [-0.4, -0.2) is 37.0 Å². The van der Waals surface area contributed by atoms with Gasteiger partial charge in [-0.25, -0.2) is 0 Å². The summed E-state index contributed by atoms with van der Waals surface area (Å²) < 4.78 is 0. The minimum Gasteiger partial charge on any atom is -0.369 e. The molecule has 1 heterocycles. The first-order valence-corrected chi connectivity index (χ1v) is 5.63. The molecule has 2 rings (SSSR count). The number of benzene rings is 1. The second kappa shape index (κ2) is 3.81. The number of carbonyl (C=O) groups is 1. The Labute approximate surface area is 96.7 Å². The van der Waals surface area contributed by atoms with Gasteiger partial charge in [0.1, 0.15) is 0 Å². The summed E-state index contributed by atoms with van der Waals surface area (Å²) in [6, 6.07) is 8.33. The lowest BCUT2D eigenvalue weighted by molar-refractivity contribution is 0.0738. The van der Waals surface area contributed by atoms with Gasteiger partial charge < -0.3 is 9.80 Å². The molecule has 0 saturated heterocycles. The van der Waals surface area contributed by atoms with E-state index < -0.39 is 0 Å². The number of nitrogens with zero attached hydrogens (tertiary/aromatic N) is 2. The van der Waals surface area contributed by atoms with Gasteiger partial charge in [-0.15, -0.1) is 0 Å². The zero-order valence-electron chi connectivity index (χ0n) is 10.3. The van der Waals surface area contributed by atoms with Gasteiger partial charge in [0.2, 0.25) is 0 Å². The molecule has 0 aromatic heterocycles. The number of carbonyl (C=O) groups excluding carboxylic acids is 1. The molecule has 0 bridgehead atoms. The van der Waals surface area contributed by atoms with Gasteiger partial charge in [-0.05, 0) is 26.0 Å². The number of fused-ring (bicyclic) bond motifs is 1. The van der Waals surface area contributed by atoms with Gasteiger partial charge in [0.15, 0.2) is 0 Å². The summed E-state index contributed by atoms with van der Waals surface area (Å²) in [7, 11) is 3.92. The maximum absolute atomic E-state index is 12.2. The Morgan fingerprint density at radius 1 is 1.00 bits per heavy atom. The van der Waals surface area contributed by atoms with Crippen molar-refractivity contribution in [2.75, 3.05) is 19.0 Å². The highest BCUT2D eigenvalue weighted by Crippen LogP contribution is 2.28. The first kappa shape index (κ1) is 11.0. The highest BCUT2D eigenvalue weighted by Gasteiger charge is 2.31. The van der Waals surface area contributed by atoms with Crippen LogP contribution in [-0.2, 0) is 0 Å². The number of anilines is 1. The van der Waals surface area contributed by atoms with E-state index >= 15 is 0 Å². The molecule has 2 atom stereocenters. The Kier molecular flexibility index (Phi) is 2.62. The molecule has 1 aromatic rings. The van der Waals surface area contributed by atoms with Gasteiger partial charge in [-0.3, -0.25) is 4.79 Å². The summed E-state index contributed by atoms with van der Waals surface area (Å²) in [4.78, 5) is 16.2. The molecule has 1 unspecified atom stereocenters. The standard InChI is InChI=1S/C13H18N2O/c1-9-10(2)15(4)13(16)11-7-5-6-8-12(11)14(9)3/h5-10H,1-4H3/t9?,10-/m0/s1. The van der Waals surface area contributed by atoms with Crippen LogP contribution in [0.3, 0.4) is 0 Å². The van der Waals surface area contributed by atoms with E-state index in [9.17, 15) is 4.79 Å². The minimum absolute atomic E-state index is 0.110. The van der Waals surface area contributed by atoms with Gasteiger partial charge >= 0.3 is 0 Å². The molecule has 0 fully saturated rings. The van der Waals surface area contributed by atoms with Crippen molar-refractivity contribution in [2.45, 2.75) is 25.9 Å². The molecule has 0 N–H and O–H groups in total. The maximum atomic E-state index is 12.2. The third-order valence-corrected chi connectivity index (χ3v) is 3.75. The maximum Gasteiger partial charge on any atom is 0.256 e. The molecule has 1 aromatic carbocycles. The Hall–Kier alpha value is -1.51. The van der Waals surface area contributed by atoms with Crippen LogP contribution >= 0.6 is 0 Å². The monoisotopic (exact) mass is 218 g/mol. The molecule has 0 aliphatic carbocycles. The van der Waals surface area contributed by atoms with Gasteiger partial charge in [-0.2, -0.15) is 0 Å². The van der Waals surface area contributed by atoms with Gasteiger partial charge in [0.05, 0.1) is 5.56 Å². The Bertz CT molecular complexity index is 416. The second-order valence-electron chi connectivity index (χ2n) is 4.53. The molecule has 3 nitrogen and oxygen atoms in total. The van der Waals surface area contributed by atoms with Crippen molar-refractivity contribution in [1.82, 2.24) is 4.90 Å². The molecule has 0 radical (unpaired) electrons. The summed E-state index contributed by atoms with van der Waals surface area (Å²) in [5, 5.41) is 0. The summed E-state index contributed by atoms with van der Waals surface area (Å²) in [5.74, 6) is 0.110. The van der Waals surface area contributed by atoms with Crippen molar-refractivity contribution >= 4 is 11.6 Å². The van der Waals surface area contributed by atoms with E-state index in [0.717, 1.165) is 11.3 Å². The van der Waals surface area contributed by atoms with E-state index in [2.05, 4.69) is 18.7 Å². The van der Waals surface area contributed by atoms with E-state index in [1.807, 2.05) is 43.3 Å². The predicted molar refractivity (Wildman–Crippen MR) is 65.9 cm³/mol. The molecular weight excluding hydrogens is 200 g/mol. The van der Waals surface area contributed by atoms with Gasteiger partial charge in [0.25, 0.3) is 5.91 Å². The fourth-order valence-corrected chi connectivity index (χ4v) is 2.20. The number of para-hydroxylation sites is 1. The lowest BCUT2D eigenvalue weighted by Crippen LogP contribution is -2.45. The number of hydrogen-bond donors (Lipinski definition) is 0. The number of hydrogen-bond acceptors (Lipinski definition) is 2. The summed E-state index contributed by atoms with van der Waals surface area (Å²) >= 11 is 0. The average Bonchev–Trinajstić information content (AvgIpc) is 2.38. The van der Waals surface area contributed by atoms with Crippen molar-refractivity contribution in [3.63, 3.8) is 0 Å². The van der Waals surface area contributed by atoms with E-state index in [1.165, 1.54) is 0 Å². The minimum atomic E-state index is 0.110. The first-order valence-electron chi connectivity index (χ1n) is 5.63. The normalized spacial score (nSPS) is 25.4. The van der Waals surface area contributed by atoms with Gasteiger partial charge in [0, 0.05) is 31.9 Å². The third-order valence-electron chi connectivity index (χ3n) is 3.75. The van der Waals surface area contributed by atoms with Crippen molar-refractivity contribution in [3.8, 4) is 0 Å². The molecular formula is C13H18N2O. The van der Waals surface area contributed by atoms with E-state index in [-0.39, 0.29) is 11.9 Å². The molecule has 86 valence electrons. The van der Waals surface area contributed by atoms with Crippen molar-refractivity contribution in [1.29, 1.82) is 0 Å². The topological polar surface area (TPSA) is 23.6 Å². The number of rotatable bonds is 0. The lowest BCUT2D eigenvalue weighted by atomic mass is 10.1. The van der Waals surface area contributed by atoms with E-state index in [0.29, 0.717) is 6.04 Å². The van der Waals surface area contributed by atoms with Crippen LogP contribution in [0.1, 0.15) is 24.2 Å². The Morgan fingerprint density at radius 2 is 1.56 bits per heavy atom. The highest BCUT2D eigenvalue weighted by atomic mass is 16.2. The quantitative estimate of drug-likeness (QED) is 0.665. The SMILES string of the molecule is CC1[C@H](C)N(C)C(=O)c2ccccc2N1C. The summed E-state index contributed by atoms with van der Waals surface area (Å²) in [5.41, 5.74) is 1.82. The van der Waals surface area contributed by atoms with E-state index in [1.54, 1.807) is 0 Å². The summed E-state index contributed by atoms with van der Waals surface area (Å²) in [6.45, 7) is 4.24. The van der Waals surface area contributed by atoms with Crippen LogP contribution in [0, 0.1) is 0 Å². The smallest absolute Gasteiger partial charge is 0.256 e. The fraction of sp³-hybridized carbons (Fsp3) is 0.462. The molecule has 0 saturated carbocycles. The van der Waals surface area contributed by atoms with Crippen molar-refractivity contribution in [2.24, 2.45) is 0 Å². The van der Waals surface area contributed by atoms with Crippen LogP contribution in [0.5, 0.6) is 0 Å². The molecule has 1 aliphatic rings. The molecule has 1 aliphatic heterocycles. The van der Waals surface area contributed by atoms with Crippen LogP contribution in [0.4, 0.5) is 5.69 Å². The molecule has 16 heavy (non-hydrogen) atoms. The van der Waals surface area contributed by atoms with Crippen LogP contribution < -0.4 is 4.90 Å². The zero-order chi connectivity index (χ0) is 11.9. The predicted octanol–water partition coefficient (Wildman–Crippen LogP) is 1.99. The number of amides is 1. The van der Waals surface area contributed by atoms with Gasteiger partial charge in [-0.1, -0.05) is 12.1 Å². The first-order chi connectivity index (χ1) is 7.54. The fourth-order valence-electron chi connectivity index (χ4n) is 2.20. The largest absolute Gasteiger partial charge is 0.369 e. The van der Waals surface area contributed by atoms with E-state index in [4.69, 9.17) is 0 Å². The molecule has 0 spiro atoms. The Balaban J connectivity index is 2.57. The second-order valence-corrected chi connectivity index (χ2v) is 4.53. The lowest BCUT2D eigenvalue weighted by Gasteiger charge is -2.32. The van der Waals surface area contributed by atoms with Crippen LogP contribution in [0.15, 0.2) is 24.3 Å². The molecule has 1 amide bonds. The Morgan fingerprint density at radius 3 is 2.25 bits per heavy atom. The zero-order valence-corrected chi connectivity index (χ0v) is 10.3. The summed E-state index contributed by atoms with van der Waals surface area (Å²) in [6.07, 6.45) is 0. The van der Waals surface area contributed by atoms with Crippen LogP contribution in [0.25, 0.3) is 0 Å². The van der Waals surface area contributed by atoms with Crippen molar-refractivity contribution in [3.05, 3.63) is 29.8 Å². The molecule has 3 heteroatoms. The van der Waals surface area contributed by atoms with Crippen molar-refractivity contribution < 1.29 is 4.79 Å². The number of likely N-dealkylation sites (N-methyl/N-ethyl adjacent to an activating group) is 2. The average molecular weight is 218 g/mol. The van der Waals surface area contributed by atoms with Crippen LogP contribution in [0.2, 0.25) is 0 Å².